The lowest BCUT2D eigenvalue weighted by Crippen LogP contribution is -2.18. The first-order valence-corrected chi connectivity index (χ1v) is 8.27. The Bertz CT molecular complexity index is 862. The van der Waals surface area contributed by atoms with Crippen molar-refractivity contribution in [3.8, 4) is 17.2 Å². The Hall–Kier alpha value is -3.27. The van der Waals surface area contributed by atoms with Crippen LogP contribution in [-0.4, -0.2) is 16.2 Å². The number of hydrogen-bond acceptors (Lipinski definition) is 4. The number of phenols is 2. The zero-order chi connectivity index (χ0) is 18.7. The highest BCUT2D eigenvalue weighted by Crippen LogP contribution is 2.32. The van der Waals surface area contributed by atoms with Crippen molar-refractivity contribution in [1.82, 2.24) is 0 Å². The first kappa shape index (κ1) is 17.5. The van der Waals surface area contributed by atoms with Crippen molar-refractivity contribution in [3.05, 3.63) is 89.5 Å². The van der Waals surface area contributed by atoms with E-state index in [9.17, 15) is 15.0 Å². The molecule has 0 saturated heterocycles. The molecule has 0 fully saturated rings. The molecule has 4 heteroatoms. The third-order valence-electron chi connectivity index (χ3n) is 4.46. The molecule has 4 nitrogen and oxygen atoms in total. The minimum absolute atomic E-state index is 0.151. The van der Waals surface area contributed by atoms with E-state index in [0.29, 0.717) is 11.3 Å². The highest BCUT2D eigenvalue weighted by molar-refractivity contribution is 5.94. The topological polar surface area (TPSA) is 66.8 Å². The van der Waals surface area contributed by atoms with E-state index < -0.39 is 0 Å². The van der Waals surface area contributed by atoms with Gasteiger partial charge in [-0.3, -0.25) is 0 Å². The van der Waals surface area contributed by atoms with Crippen LogP contribution < -0.4 is 4.74 Å². The van der Waals surface area contributed by atoms with E-state index in [2.05, 4.69) is 13.8 Å². The summed E-state index contributed by atoms with van der Waals surface area (Å²) in [6, 6.07) is 21.5. The lowest BCUT2D eigenvalue weighted by atomic mass is 9.78. The lowest BCUT2D eigenvalue weighted by Gasteiger charge is -2.26. The highest BCUT2D eigenvalue weighted by atomic mass is 16.5. The number of benzene rings is 3. The molecule has 0 radical (unpaired) electrons. The van der Waals surface area contributed by atoms with Crippen molar-refractivity contribution < 1.29 is 19.7 Å². The van der Waals surface area contributed by atoms with Crippen LogP contribution in [0.25, 0.3) is 0 Å². The zero-order valence-electron chi connectivity index (χ0n) is 14.6. The summed E-state index contributed by atoms with van der Waals surface area (Å²) in [5.74, 6) is 0.956. The Morgan fingerprint density at radius 1 is 0.769 bits per heavy atom. The van der Waals surface area contributed by atoms with E-state index in [1.54, 1.807) is 48.5 Å². The monoisotopic (exact) mass is 348 g/mol. The summed E-state index contributed by atoms with van der Waals surface area (Å²) in [5, 5.41) is 18.6. The van der Waals surface area contributed by atoms with Crippen LogP contribution in [0.15, 0.2) is 72.8 Å². The summed E-state index contributed by atoms with van der Waals surface area (Å²) in [5.41, 5.74) is 2.75. The predicted molar refractivity (Wildman–Crippen MR) is 99.7 cm³/mol. The van der Waals surface area contributed by atoms with Crippen molar-refractivity contribution >= 4 is 5.97 Å². The van der Waals surface area contributed by atoms with Crippen LogP contribution in [-0.2, 0) is 5.41 Å². The van der Waals surface area contributed by atoms with Gasteiger partial charge in [0.1, 0.15) is 17.2 Å². The first-order chi connectivity index (χ1) is 12.4. The Labute approximate surface area is 152 Å². The summed E-state index contributed by atoms with van der Waals surface area (Å²) in [7, 11) is 0. The quantitative estimate of drug-likeness (QED) is 0.662. The van der Waals surface area contributed by atoms with Crippen LogP contribution in [0.2, 0.25) is 0 Å². The fraction of sp³-hybridized carbons (Fsp3) is 0.136. The zero-order valence-corrected chi connectivity index (χ0v) is 14.6. The molecule has 1 aliphatic heterocycles. The van der Waals surface area contributed by atoms with Crippen LogP contribution >= 0.6 is 0 Å². The third-order valence-corrected chi connectivity index (χ3v) is 4.46. The maximum atomic E-state index is 10.7. The Balaban J connectivity index is 0.000000181. The molecule has 1 heterocycles. The van der Waals surface area contributed by atoms with Gasteiger partial charge in [0.25, 0.3) is 0 Å². The molecule has 0 atom stereocenters. The molecule has 1 aliphatic rings. The van der Waals surface area contributed by atoms with Gasteiger partial charge in [0, 0.05) is 5.41 Å². The van der Waals surface area contributed by atoms with Gasteiger partial charge in [-0.25, -0.2) is 4.79 Å². The molecule has 0 saturated carbocycles. The van der Waals surface area contributed by atoms with Crippen LogP contribution in [0.4, 0.5) is 0 Å². The Kier molecular flexibility index (Phi) is 4.67. The van der Waals surface area contributed by atoms with Gasteiger partial charge >= 0.3 is 5.97 Å². The average molecular weight is 348 g/mol. The molecule has 2 bridgehead atoms. The van der Waals surface area contributed by atoms with Gasteiger partial charge in [-0.15, -0.1) is 0 Å². The molecule has 0 aliphatic carbocycles. The van der Waals surface area contributed by atoms with E-state index in [4.69, 9.17) is 4.74 Å². The molecule has 0 aromatic heterocycles. The molecular formula is C22H20O4. The minimum Gasteiger partial charge on any atom is -0.508 e. The Morgan fingerprint density at radius 3 is 1.69 bits per heavy atom. The predicted octanol–water partition coefficient (Wildman–Crippen LogP) is 4.64. The number of phenolic OH excluding ortho intramolecular Hbond substituents is 2. The highest BCUT2D eigenvalue weighted by Gasteiger charge is 2.22. The van der Waals surface area contributed by atoms with Gasteiger partial charge in [0.15, 0.2) is 0 Å². The molecular weight excluding hydrogens is 328 g/mol. The summed E-state index contributed by atoms with van der Waals surface area (Å²) < 4.78 is 4.75. The maximum absolute atomic E-state index is 10.7. The number of esters is 1. The first-order valence-electron chi connectivity index (χ1n) is 8.27. The number of ether oxygens (including phenoxy) is 1. The van der Waals surface area contributed by atoms with Crippen molar-refractivity contribution in [2.75, 3.05) is 0 Å². The maximum Gasteiger partial charge on any atom is 0.343 e. The van der Waals surface area contributed by atoms with E-state index >= 15 is 0 Å². The van der Waals surface area contributed by atoms with Crippen LogP contribution in [0.3, 0.4) is 0 Å². The molecule has 2 N–H and O–H groups in total. The van der Waals surface area contributed by atoms with Crippen molar-refractivity contribution in [1.29, 1.82) is 0 Å². The number of aromatic hydroxyl groups is 2. The van der Waals surface area contributed by atoms with Gasteiger partial charge in [-0.2, -0.15) is 0 Å². The van der Waals surface area contributed by atoms with Crippen LogP contribution in [0, 0.1) is 0 Å². The second-order valence-corrected chi connectivity index (χ2v) is 6.64. The smallest absolute Gasteiger partial charge is 0.343 e. The van der Waals surface area contributed by atoms with Gasteiger partial charge in [0.05, 0.1) is 5.56 Å². The van der Waals surface area contributed by atoms with Crippen LogP contribution in [0.1, 0.15) is 35.3 Å². The number of hydrogen-bond donors (Lipinski definition) is 2. The fourth-order valence-corrected chi connectivity index (χ4v) is 2.78. The summed E-state index contributed by atoms with van der Waals surface area (Å²) in [6.07, 6.45) is 0. The molecule has 0 spiro atoms. The van der Waals surface area contributed by atoms with Crippen molar-refractivity contribution in [2.45, 2.75) is 19.3 Å². The molecule has 26 heavy (non-hydrogen) atoms. The van der Waals surface area contributed by atoms with Crippen molar-refractivity contribution in [2.24, 2.45) is 0 Å². The molecule has 3 aromatic carbocycles. The van der Waals surface area contributed by atoms with E-state index in [1.807, 2.05) is 24.3 Å². The number of carbonyl (C=O) groups is 1. The largest absolute Gasteiger partial charge is 0.508 e. The van der Waals surface area contributed by atoms with Gasteiger partial charge < -0.3 is 14.9 Å². The molecule has 3 aromatic rings. The standard InChI is InChI=1S/C15H16O2.C7H4O2/c1-15(2,11-3-7-13(16)8-4-11)12-5-9-14(17)10-6-12;8-7-5-2-1-3-6(4-5)9-7/h3-10,16-17H,1-2H3;1-4H. The second kappa shape index (κ2) is 6.92. The van der Waals surface area contributed by atoms with Gasteiger partial charge in [0.2, 0.25) is 0 Å². The number of carbonyl (C=O) groups excluding carboxylic acids is 1. The van der Waals surface area contributed by atoms with E-state index in [-0.39, 0.29) is 22.9 Å². The van der Waals surface area contributed by atoms with Gasteiger partial charge in [-0.05, 0) is 53.6 Å². The Morgan fingerprint density at radius 2 is 1.27 bits per heavy atom. The summed E-state index contributed by atoms with van der Waals surface area (Å²) >= 11 is 0. The van der Waals surface area contributed by atoms with Crippen molar-refractivity contribution in [3.63, 3.8) is 0 Å². The molecule has 0 amide bonds. The molecule has 4 rings (SSSR count). The second-order valence-electron chi connectivity index (χ2n) is 6.64. The summed E-state index contributed by atoms with van der Waals surface area (Å²) in [4.78, 5) is 10.7. The molecule has 132 valence electrons. The minimum atomic E-state index is -0.241. The molecule has 0 unspecified atom stereocenters. The summed E-state index contributed by atoms with van der Waals surface area (Å²) in [6.45, 7) is 4.23. The number of fused-ring (bicyclic) bond motifs is 2. The van der Waals surface area contributed by atoms with E-state index in [1.165, 1.54) is 0 Å². The lowest BCUT2D eigenvalue weighted by molar-refractivity contribution is 0.0755. The third kappa shape index (κ3) is 3.70. The van der Waals surface area contributed by atoms with Gasteiger partial charge in [-0.1, -0.05) is 44.2 Å². The van der Waals surface area contributed by atoms with Crippen LogP contribution in [0.5, 0.6) is 17.2 Å². The number of rotatable bonds is 2. The SMILES string of the molecule is CC(C)(c1ccc(O)cc1)c1ccc(O)cc1.O=C1Oc2cccc1c2. The normalized spacial score (nSPS) is 12.2. The fourth-order valence-electron chi connectivity index (χ4n) is 2.78. The average Bonchev–Trinajstić information content (AvgIpc) is 2.88. The van der Waals surface area contributed by atoms with E-state index in [0.717, 1.165) is 11.1 Å².